The number of carbonyl (C=O) groups is 4. The highest BCUT2D eigenvalue weighted by Gasteiger charge is 2.38. The molecular weight excluding hydrogens is 418 g/mol. The van der Waals surface area contributed by atoms with Crippen LogP contribution in [0.4, 0.5) is 5.69 Å². The summed E-state index contributed by atoms with van der Waals surface area (Å²) in [5.41, 5.74) is 2.10. The van der Waals surface area contributed by atoms with Crippen LogP contribution >= 0.6 is 0 Å². The van der Waals surface area contributed by atoms with Crippen LogP contribution in [0, 0.1) is 16.0 Å². The fourth-order valence-corrected chi connectivity index (χ4v) is 3.33. The Bertz CT molecular complexity index is 1050. The molecule has 1 saturated heterocycles. The molecule has 1 N–H and O–H groups in total. The highest BCUT2D eigenvalue weighted by Crippen LogP contribution is 2.22. The second-order valence-corrected chi connectivity index (χ2v) is 7.18. The zero-order valence-corrected chi connectivity index (χ0v) is 17.2. The van der Waals surface area contributed by atoms with Crippen molar-refractivity contribution in [1.82, 2.24) is 10.4 Å². The smallest absolute Gasteiger partial charge is 0.312 e. The van der Waals surface area contributed by atoms with Gasteiger partial charge in [-0.1, -0.05) is 49.4 Å². The number of rotatable bonds is 8. The Morgan fingerprint density at radius 3 is 2.47 bits per heavy atom. The van der Waals surface area contributed by atoms with Crippen LogP contribution in [0.1, 0.15) is 40.5 Å². The summed E-state index contributed by atoms with van der Waals surface area (Å²) in [5, 5.41) is 12.0. The lowest BCUT2D eigenvalue weighted by Crippen LogP contribution is -2.43. The molecule has 32 heavy (non-hydrogen) atoms. The molecule has 2 atom stereocenters. The van der Waals surface area contributed by atoms with E-state index in [1.54, 1.807) is 37.3 Å². The predicted molar refractivity (Wildman–Crippen MR) is 111 cm³/mol. The van der Waals surface area contributed by atoms with Gasteiger partial charge in [-0.3, -0.25) is 39.7 Å². The minimum absolute atomic E-state index is 0.167. The van der Waals surface area contributed by atoms with Gasteiger partial charge >= 0.3 is 5.97 Å². The van der Waals surface area contributed by atoms with Crippen molar-refractivity contribution in [3.05, 3.63) is 75.8 Å². The summed E-state index contributed by atoms with van der Waals surface area (Å²) in [5.74, 6) is -3.33. The molecule has 0 radical (unpaired) electrons. The molecule has 3 rings (SSSR count). The molecule has 0 aromatic heterocycles. The molecule has 0 bridgehead atoms. The molecule has 1 aliphatic heterocycles. The maximum absolute atomic E-state index is 12.6. The summed E-state index contributed by atoms with van der Waals surface area (Å²) in [6.45, 7) is 1.54. The second-order valence-electron chi connectivity index (χ2n) is 7.18. The first-order valence-electron chi connectivity index (χ1n) is 9.96. The number of amides is 2. The summed E-state index contributed by atoms with van der Waals surface area (Å²) in [6, 6.07) is 13.7. The number of Topliss-reactive ketones (excluding diaryl/α,β-unsaturated/α-hetero) is 1. The van der Waals surface area contributed by atoms with Gasteiger partial charge in [-0.15, -0.1) is 0 Å². The number of ketones is 1. The number of hydrogen-bond acceptors (Lipinski definition) is 7. The standard InChI is InChI=1S/C22H21N3O7/c1-2-18(20(27)14-8-4-3-5-9-14)32-22(29)15-12-19(26)24(13-15)23-21(28)16-10-6-7-11-17(16)25(30)31/h3-11,15,18H,2,12-13H2,1H3,(H,23,28)/t15-,18-/m0/s1. The van der Waals surface area contributed by atoms with Crippen molar-refractivity contribution in [2.45, 2.75) is 25.9 Å². The van der Waals surface area contributed by atoms with E-state index in [9.17, 15) is 29.3 Å². The number of hydrogen-bond donors (Lipinski definition) is 1. The molecule has 166 valence electrons. The third-order valence-electron chi connectivity index (χ3n) is 5.02. The normalized spacial score (nSPS) is 16.3. The van der Waals surface area contributed by atoms with Gasteiger partial charge in [-0.25, -0.2) is 0 Å². The lowest BCUT2D eigenvalue weighted by atomic mass is 10.0. The van der Waals surface area contributed by atoms with Crippen LogP contribution in [0.3, 0.4) is 0 Å². The van der Waals surface area contributed by atoms with Crippen molar-refractivity contribution < 1.29 is 28.8 Å². The minimum atomic E-state index is -0.990. The zero-order valence-electron chi connectivity index (χ0n) is 17.2. The maximum Gasteiger partial charge on any atom is 0.312 e. The van der Waals surface area contributed by atoms with Crippen molar-refractivity contribution in [3.8, 4) is 0 Å². The molecule has 1 fully saturated rings. The molecule has 1 aliphatic rings. The first kappa shape index (κ1) is 22.6. The second kappa shape index (κ2) is 9.82. The first-order chi connectivity index (χ1) is 15.3. The van der Waals surface area contributed by atoms with E-state index in [2.05, 4.69) is 5.43 Å². The number of carbonyl (C=O) groups excluding carboxylic acids is 4. The lowest BCUT2D eigenvalue weighted by molar-refractivity contribution is -0.385. The van der Waals surface area contributed by atoms with Crippen LogP contribution < -0.4 is 5.43 Å². The van der Waals surface area contributed by atoms with Crippen molar-refractivity contribution in [3.63, 3.8) is 0 Å². The SMILES string of the molecule is CC[C@H](OC(=O)[C@H]1CC(=O)N(NC(=O)c2ccccc2[N+](=O)[O-])C1)C(=O)c1ccccc1. The quantitative estimate of drug-likeness (QED) is 0.288. The van der Waals surface area contributed by atoms with Crippen LogP contribution in [0.5, 0.6) is 0 Å². The maximum atomic E-state index is 12.6. The summed E-state index contributed by atoms with van der Waals surface area (Å²) in [7, 11) is 0. The molecule has 2 amide bonds. The van der Waals surface area contributed by atoms with E-state index >= 15 is 0 Å². The number of esters is 1. The van der Waals surface area contributed by atoms with Crippen LogP contribution in [0.15, 0.2) is 54.6 Å². The molecule has 10 heteroatoms. The van der Waals surface area contributed by atoms with E-state index in [0.29, 0.717) is 5.56 Å². The molecule has 0 spiro atoms. The van der Waals surface area contributed by atoms with Gasteiger partial charge in [0, 0.05) is 18.1 Å². The van der Waals surface area contributed by atoms with Gasteiger partial charge in [-0.05, 0) is 12.5 Å². The Labute approximate surface area is 183 Å². The van der Waals surface area contributed by atoms with E-state index in [0.717, 1.165) is 5.01 Å². The molecule has 2 aromatic rings. The van der Waals surface area contributed by atoms with Gasteiger partial charge in [0.1, 0.15) is 5.56 Å². The average Bonchev–Trinajstić information content (AvgIpc) is 3.17. The predicted octanol–water partition coefficient (Wildman–Crippen LogP) is 2.29. The summed E-state index contributed by atoms with van der Waals surface area (Å²) >= 11 is 0. The Kier molecular flexibility index (Phi) is 6.93. The number of nitro benzene ring substituents is 1. The number of benzene rings is 2. The van der Waals surface area contributed by atoms with E-state index in [1.807, 2.05) is 0 Å². The third-order valence-corrected chi connectivity index (χ3v) is 5.02. The Hall–Kier alpha value is -4.08. The van der Waals surface area contributed by atoms with E-state index in [4.69, 9.17) is 4.74 Å². The fourth-order valence-electron chi connectivity index (χ4n) is 3.33. The topological polar surface area (TPSA) is 136 Å². The van der Waals surface area contributed by atoms with Gasteiger partial charge in [-0.2, -0.15) is 0 Å². The number of nitrogens with zero attached hydrogens (tertiary/aromatic N) is 2. The Morgan fingerprint density at radius 1 is 1.16 bits per heavy atom. The van der Waals surface area contributed by atoms with Gasteiger partial charge in [0.15, 0.2) is 6.10 Å². The van der Waals surface area contributed by atoms with Crippen LogP contribution in [-0.4, -0.2) is 46.1 Å². The van der Waals surface area contributed by atoms with E-state index < -0.39 is 40.4 Å². The molecule has 1 heterocycles. The largest absolute Gasteiger partial charge is 0.454 e. The Balaban J connectivity index is 1.63. The lowest BCUT2D eigenvalue weighted by Gasteiger charge is -2.19. The van der Waals surface area contributed by atoms with Crippen LogP contribution in [0.25, 0.3) is 0 Å². The van der Waals surface area contributed by atoms with Gasteiger partial charge in [0.25, 0.3) is 11.6 Å². The van der Waals surface area contributed by atoms with Crippen LogP contribution in [-0.2, 0) is 14.3 Å². The summed E-state index contributed by atoms with van der Waals surface area (Å²) < 4.78 is 5.37. The highest BCUT2D eigenvalue weighted by molar-refractivity contribution is 6.01. The molecule has 2 aromatic carbocycles. The third kappa shape index (κ3) is 4.97. The number of nitrogens with one attached hydrogen (secondary N) is 1. The van der Waals surface area contributed by atoms with E-state index in [1.165, 1.54) is 24.3 Å². The number of hydrazine groups is 1. The molecule has 10 nitrogen and oxygen atoms in total. The summed E-state index contributed by atoms with van der Waals surface area (Å²) in [4.78, 5) is 60.3. The first-order valence-corrected chi connectivity index (χ1v) is 9.96. The molecular formula is C22H21N3O7. The summed E-state index contributed by atoms with van der Waals surface area (Å²) in [6.07, 6.45) is -0.944. The monoisotopic (exact) mass is 439 g/mol. The average molecular weight is 439 g/mol. The van der Waals surface area contributed by atoms with Crippen molar-refractivity contribution >= 4 is 29.3 Å². The minimum Gasteiger partial charge on any atom is -0.454 e. The molecule has 0 saturated carbocycles. The van der Waals surface area contributed by atoms with Gasteiger partial charge in [0.2, 0.25) is 11.7 Å². The number of ether oxygens (including phenoxy) is 1. The number of para-hydroxylation sites is 1. The van der Waals surface area contributed by atoms with Gasteiger partial charge in [0.05, 0.1) is 17.4 Å². The number of nitro groups is 1. The molecule has 0 unspecified atom stereocenters. The van der Waals surface area contributed by atoms with E-state index in [-0.39, 0.29) is 30.7 Å². The van der Waals surface area contributed by atoms with Crippen molar-refractivity contribution in [1.29, 1.82) is 0 Å². The van der Waals surface area contributed by atoms with Crippen LogP contribution in [0.2, 0.25) is 0 Å². The zero-order chi connectivity index (χ0) is 23.3. The van der Waals surface area contributed by atoms with Gasteiger partial charge < -0.3 is 4.74 Å². The fraction of sp³-hybridized carbons (Fsp3) is 0.273. The highest BCUT2D eigenvalue weighted by atomic mass is 16.6. The molecule has 0 aliphatic carbocycles. The Morgan fingerprint density at radius 2 is 1.81 bits per heavy atom. The van der Waals surface area contributed by atoms with Crippen molar-refractivity contribution in [2.75, 3.05) is 6.54 Å². The van der Waals surface area contributed by atoms with Crippen molar-refractivity contribution in [2.24, 2.45) is 5.92 Å².